The van der Waals surface area contributed by atoms with Crippen molar-refractivity contribution in [2.24, 2.45) is 11.3 Å². The molecule has 0 bridgehead atoms. The Morgan fingerprint density at radius 3 is 1.94 bits per heavy atom. The van der Waals surface area contributed by atoms with Crippen molar-refractivity contribution < 1.29 is 24.5 Å². The zero-order chi connectivity index (χ0) is 12.6. The predicted molar refractivity (Wildman–Crippen MR) is 56.9 cm³/mol. The lowest BCUT2D eigenvalue weighted by molar-refractivity contribution is -0.311. The van der Waals surface area contributed by atoms with Gasteiger partial charge in [0.1, 0.15) is 5.41 Å². The summed E-state index contributed by atoms with van der Waals surface area (Å²) in [6.45, 7) is 3.60. The van der Waals surface area contributed by atoms with Crippen LogP contribution in [0.25, 0.3) is 0 Å². The number of hydrogen-bond acceptors (Lipinski definition) is 4. The van der Waals surface area contributed by atoms with E-state index in [9.17, 15) is 15.0 Å². The van der Waals surface area contributed by atoms with Crippen molar-refractivity contribution in [3.63, 3.8) is 0 Å². The van der Waals surface area contributed by atoms with Crippen LogP contribution < -0.4 is 0 Å². The number of hydrogen-bond donors (Lipinski definition) is 2. The summed E-state index contributed by atoms with van der Waals surface area (Å²) < 4.78 is 10.3. The summed E-state index contributed by atoms with van der Waals surface area (Å²) in [4.78, 5) is 11.3. The fourth-order valence-corrected chi connectivity index (χ4v) is 2.41. The normalized spacial score (nSPS) is 23.9. The highest BCUT2D eigenvalue weighted by atomic mass is 16.7. The summed E-state index contributed by atoms with van der Waals surface area (Å²) >= 11 is 0. The minimum atomic E-state index is -1.14. The van der Waals surface area contributed by atoms with Gasteiger partial charge >= 0.3 is 5.97 Å². The number of aliphatic carboxylic acids is 1. The number of carboxylic acids is 1. The largest absolute Gasteiger partial charge is 0.481 e. The van der Waals surface area contributed by atoms with Gasteiger partial charge in [-0.1, -0.05) is 13.8 Å². The van der Waals surface area contributed by atoms with Gasteiger partial charge in [0, 0.05) is 27.1 Å². The summed E-state index contributed by atoms with van der Waals surface area (Å²) in [6.07, 6.45) is -0.521. The molecule has 0 aromatic carbocycles. The summed E-state index contributed by atoms with van der Waals surface area (Å²) in [5.74, 6) is -1.95. The maximum absolute atomic E-state index is 11.3. The van der Waals surface area contributed by atoms with E-state index in [1.165, 1.54) is 14.2 Å². The van der Waals surface area contributed by atoms with Crippen LogP contribution in [0.1, 0.15) is 26.7 Å². The van der Waals surface area contributed by atoms with Crippen LogP contribution in [0.15, 0.2) is 0 Å². The number of rotatable bonds is 5. The summed E-state index contributed by atoms with van der Waals surface area (Å²) in [6, 6.07) is 0. The Bertz CT molecular complexity index is 262. The first kappa shape index (κ1) is 13.4. The third-order valence-electron chi connectivity index (χ3n) is 3.54. The molecule has 1 rings (SSSR count). The third-order valence-corrected chi connectivity index (χ3v) is 3.54. The van der Waals surface area contributed by atoms with Crippen LogP contribution in [0.2, 0.25) is 0 Å². The van der Waals surface area contributed by atoms with Crippen LogP contribution in [-0.2, 0) is 14.3 Å². The fraction of sp³-hybridized carbons (Fsp3) is 0.909. The molecule has 0 aromatic rings. The summed E-state index contributed by atoms with van der Waals surface area (Å²) in [7, 11) is 2.97. The van der Waals surface area contributed by atoms with Crippen LogP contribution in [0, 0.1) is 11.3 Å². The lowest BCUT2D eigenvalue weighted by atomic mass is 9.59. The zero-order valence-corrected chi connectivity index (χ0v) is 10.2. The minimum Gasteiger partial charge on any atom is -0.481 e. The average Bonchev–Trinajstić information content (AvgIpc) is 2.17. The van der Waals surface area contributed by atoms with Crippen LogP contribution in [0.3, 0.4) is 0 Å². The lowest BCUT2D eigenvalue weighted by Crippen LogP contribution is -2.63. The molecule has 0 saturated heterocycles. The second kappa shape index (κ2) is 4.31. The lowest BCUT2D eigenvalue weighted by Gasteiger charge is -2.54. The van der Waals surface area contributed by atoms with Crippen LogP contribution in [0.4, 0.5) is 0 Å². The van der Waals surface area contributed by atoms with E-state index in [0.29, 0.717) is 0 Å². The molecule has 0 radical (unpaired) electrons. The van der Waals surface area contributed by atoms with Gasteiger partial charge in [-0.25, -0.2) is 0 Å². The number of carbonyl (C=O) groups is 1. The van der Waals surface area contributed by atoms with Gasteiger partial charge in [0.15, 0.2) is 5.79 Å². The molecule has 0 amide bonds. The van der Waals surface area contributed by atoms with Crippen LogP contribution >= 0.6 is 0 Å². The Balaban J connectivity index is 2.86. The topological polar surface area (TPSA) is 76.0 Å². The van der Waals surface area contributed by atoms with Gasteiger partial charge in [0.05, 0.1) is 6.10 Å². The molecule has 5 heteroatoms. The van der Waals surface area contributed by atoms with E-state index < -0.39 is 23.3 Å². The molecule has 2 N–H and O–H groups in total. The van der Waals surface area contributed by atoms with E-state index in [1.54, 1.807) is 13.8 Å². The van der Waals surface area contributed by atoms with E-state index in [-0.39, 0.29) is 18.8 Å². The molecule has 1 atom stereocenters. The molecule has 0 spiro atoms. The minimum absolute atomic E-state index is 0.109. The first-order valence-corrected chi connectivity index (χ1v) is 5.35. The highest BCUT2D eigenvalue weighted by Gasteiger charge is 2.64. The summed E-state index contributed by atoms with van der Waals surface area (Å²) in [5.41, 5.74) is -1.14. The quantitative estimate of drug-likeness (QED) is 0.687. The molecule has 5 nitrogen and oxygen atoms in total. The fourth-order valence-electron chi connectivity index (χ4n) is 2.41. The second-order valence-corrected chi connectivity index (χ2v) is 4.82. The standard InChI is InChI=1S/C11H20O5/c1-7(2)8(12)10(9(13)14)5-11(6-10,15-3)16-4/h7-8,12H,5-6H2,1-4H3,(H,13,14). The van der Waals surface area contributed by atoms with Crippen molar-refractivity contribution in [3.8, 4) is 0 Å². The molecule has 1 aliphatic rings. The summed E-state index contributed by atoms with van der Waals surface area (Å²) in [5, 5.41) is 19.3. The van der Waals surface area contributed by atoms with E-state index in [0.717, 1.165) is 0 Å². The van der Waals surface area contributed by atoms with E-state index in [1.807, 2.05) is 0 Å². The van der Waals surface area contributed by atoms with Gasteiger partial charge in [-0.2, -0.15) is 0 Å². The predicted octanol–water partition coefficient (Wildman–Crippen LogP) is 0.857. The molecule has 0 aliphatic heterocycles. The van der Waals surface area contributed by atoms with Crippen LogP contribution in [-0.4, -0.2) is 42.3 Å². The van der Waals surface area contributed by atoms with Gasteiger partial charge in [0.2, 0.25) is 0 Å². The van der Waals surface area contributed by atoms with E-state index in [4.69, 9.17) is 9.47 Å². The molecule has 1 aliphatic carbocycles. The van der Waals surface area contributed by atoms with Gasteiger partial charge in [-0.3, -0.25) is 4.79 Å². The first-order chi connectivity index (χ1) is 7.33. The molecular formula is C11H20O5. The Morgan fingerprint density at radius 2 is 1.69 bits per heavy atom. The molecule has 16 heavy (non-hydrogen) atoms. The Labute approximate surface area is 95.4 Å². The molecule has 1 fully saturated rings. The van der Waals surface area contributed by atoms with Gasteiger partial charge in [-0.05, 0) is 5.92 Å². The Morgan fingerprint density at radius 1 is 1.25 bits per heavy atom. The van der Waals surface area contributed by atoms with Crippen molar-refractivity contribution in [2.45, 2.75) is 38.6 Å². The number of aliphatic hydroxyl groups is 1. The smallest absolute Gasteiger partial charge is 0.312 e. The van der Waals surface area contributed by atoms with Gasteiger partial charge in [-0.15, -0.1) is 0 Å². The maximum atomic E-state index is 11.3. The molecular weight excluding hydrogens is 212 g/mol. The number of carboxylic acid groups (broad SMARTS) is 1. The van der Waals surface area contributed by atoms with Crippen molar-refractivity contribution in [3.05, 3.63) is 0 Å². The van der Waals surface area contributed by atoms with Crippen molar-refractivity contribution in [1.82, 2.24) is 0 Å². The highest BCUT2D eigenvalue weighted by Crippen LogP contribution is 2.54. The van der Waals surface area contributed by atoms with Crippen molar-refractivity contribution >= 4 is 5.97 Å². The third kappa shape index (κ3) is 1.83. The molecule has 0 aromatic heterocycles. The van der Waals surface area contributed by atoms with Crippen LogP contribution in [0.5, 0.6) is 0 Å². The first-order valence-electron chi connectivity index (χ1n) is 5.35. The highest BCUT2D eigenvalue weighted by molar-refractivity contribution is 5.77. The Kier molecular flexibility index (Phi) is 3.62. The average molecular weight is 232 g/mol. The monoisotopic (exact) mass is 232 g/mol. The van der Waals surface area contributed by atoms with Crippen molar-refractivity contribution in [2.75, 3.05) is 14.2 Å². The Hall–Kier alpha value is -0.650. The van der Waals surface area contributed by atoms with Crippen molar-refractivity contribution in [1.29, 1.82) is 0 Å². The number of ether oxygens (including phenoxy) is 2. The molecule has 94 valence electrons. The zero-order valence-electron chi connectivity index (χ0n) is 10.2. The van der Waals surface area contributed by atoms with Gasteiger partial charge in [0.25, 0.3) is 0 Å². The number of methoxy groups -OCH3 is 2. The maximum Gasteiger partial charge on any atom is 0.312 e. The van der Waals surface area contributed by atoms with Gasteiger partial charge < -0.3 is 19.7 Å². The SMILES string of the molecule is COC1(OC)CC(C(=O)O)(C(O)C(C)C)C1. The van der Waals surface area contributed by atoms with E-state index >= 15 is 0 Å². The number of aliphatic hydroxyl groups excluding tert-OH is 1. The van der Waals surface area contributed by atoms with E-state index in [2.05, 4.69) is 0 Å². The molecule has 0 heterocycles. The second-order valence-electron chi connectivity index (χ2n) is 4.82. The molecule has 1 saturated carbocycles. The molecule has 1 unspecified atom stereocenters.